The molecule has 29 heavy (non-hydrogen) atoms. The molecule has 2 aromatic rings. The van der Waals surface area contributed by atoms with Crippen molar-refractivity contribution in [2.24, 2.45) is 5.92 Å². The summed E-state index contributed by atoms with van der Waals surface area (Å²) in [6.45, 7) is 4.59. The summed E-state index contributed by atoms with van der Waals surface area (Å²) in [7, 11) is 0. The molecule has 2 atom stereocenters. The van der Waals surface area contributed by atoms with E-state index in [4.69, 9.17) is 4.74 Å². The first-order valence-corrected chi connectivity index (χ1v) is 10.1. The minimum absolute atomic E-state index is 0. The fraction of sp³-hybridized carbons (Fsp3) is 0.478. The molecule has 2 aromatic carbocycles. The molecule has 6 heteroatoms. The molecule has 4 nitrogen and oxygen atoms in total. The van der Waals surface area contributed by atoms with Gasteiger partial charge in [-0.3, -0.25) is 0 Å². The van der Waals surface area contributed by atoms with Crippen LogP contribution >= 0.6 is 12.4 Å². The Labute approximate surface area is 178 Å². The molecule has 0 aliphatic carbocycles. The predicted octanol–water partition coefficient (Wildman–Crippen LogP) is 4.00. The molecule has 0 bridgehead atoms. The van der Waals surface area contributed by atoms with Crippen LogP contribution in [0.1, 0.15) is 37.0 Å². The minimum atomic E-state index is -0.568. The summed E-state index contributed by atoms with van der Waals surface area (Å²) in [6, 6.07) is 14.0. The van der Waals surface area contributed by atoms with Gasteiger partial charge in [0.05, 0.1) is 6.10 Å². The van der Waals surface area contributed by atoms with E-state index >= 15 is 0 Å². The first kappa shape index (κ1) is 23.6. The fourth-order valence-corrected chi connectivity index (χ4v) is 3.75. The number of benzene rings is 2. The molecule has 0 saturated carbocycles. The molecule has 1 fully saturated rings. The predicted molar refractivity (Wildman–Crippen MR) is 115 cm³/mol. The van der Waals surface area contributed by atoms with E-state index in [2.05, 4.69) is 11.8 Å². The van der Waals surface area contributed by atoms with Gasteiger partial charge in [0.1, 0.15) is 24.3 Å². The van der Waals surface area contributed by atoms with Gasteiger partial charge in [0.25, 0.3) is 0 Å². The number of aliphatic hydroxyl groups excluding tert-OH is 2. The first-order valence-electron chi connectivity index (χ1n) is 10.1. The summed E-state index contributed by atoms with van der Waals surface area (Å²) in [5, 5.41) is 20.8. The standard InChI is InChI=1S/C23H30FNO3.ClH/c1-2-17-3-9-22(10-4-17)28-16-21(26)15-25-13-11-19(12-14-25)23(27)18-5-7-20(24)8-6-18;/h3-10,19,21,23,26-27H,2,11-16H2,1H3;1H. The monoisotopic (exact) mass is 423 g/mol. The lowest BCUT2D eigenvalue weighted by molar-refractivity contribution is 0.0278. The van der Waals surface area contributed by atoms with Gasteiger partial charge >= 0.3 is 0 Å². The molecule has 0 aromatic heterocycles. The zero-order chi connectivity index (χ0) is 19.9. The van der Waals surface area contributed by atoms with Crippen molar-refractivity contribution >= 4 is 12.4 Å². The lowest BCUT2D eigenvalue weighted by atomic mass is 9.87. The molecule has 2 unspecified atom stereocenters. The number of nitrogens with zero attached hydrogens (tertiary/aromatic N) is 1. The van der Waals surface area contributed by atoms with Crippen LogP contribution in [0.3, 0.4) is 0 Å². The van der Waals surface area contributed by atoms with E-state index in [0.717, 1.165) is 43.7 Å². The number of ether oxygens (including phenoxy) is 1. The average molecular weight is 424 g/mol. The topological polar surface area (TPSA) is 52.9 Å². The summed E-state index contributed by atoms with van der Waals surface area (Å²) >= 11 is 0. The maximum atomic E-state index is 13.0. The van der Waals surface area contributed by atoms with Gasteiger partial charge in [-0.1, -0.05) is 31.2 Å². The Bertz CT molecular complexity index is 718. The zero-order valence-electron chi connectivity index (χ0n) is 16.8. The van der Waals surface area contributed by atoms with Crippen molar-refractivity contribution in [2.75, 3.05) is 26.2 Å². The number of aliphatic hydroxyl groups is 2. The Balaban J connectivity index is 0.00000300. The molecule has 1 aliphatic rings. The highest BCUT2D eigenvalue weighted by atomic mass is 35.5. The van der Waals surface area contributed by atoms with Crippen molar-refractivity contribution in [3.05, 3.63) is 65.5 Å². The van der Waals surface area contributed by atoms with E-state index in [1.54, 1.807) is 12.1 Å². The van der Waals surface area contributed by atoms with Crippen molar-refractivity contribution < 1.29 is 19.3 Å². The Morgan fingerprint density at radius 1 is 1.03 bits per heavy atom. The molecule has 160 valence electrons. The van der Waals surface area contributed by atoms with Gasteiger partial charge in [-0.15, -0.1) is 12.4 Å². The molecule has 2 N–H and O–H groups in total. The normalized spacial score (nSPS) is 17.4. The largest absolute Gasteiger partial charge is 0.491 e. The smallest absolute Gasteiger partial charge is 0.123 e. The van der Waals surface area contributed by atoms with Crippen molar-refractivity contribution in [1.29, 1.82) is 0 Å². The fourth-order valence-electron chi connectivity index (χ4n) is 3.75. The summed E-state index contributed by atoms with van der Waals surface area (Å²) in [4.78, 5) is 2.21. The van der Waals surface area contributed by atoms with Gasteiger partial charge in [0, 0.05) is 6.54 Å². The van der Waals surface area contributed by atoms with Crippen LogP contribution in [0.25, 0.3) is 0 Å². The van der Waals surface area contributed by atoms with Gasteiger partial charge < -0.3 is 19.8 Å². The number of hydrogen-bond acceptors (Lipinski definition) is 4. The molecule has 1 heterocycles. The van der Waals surface area contributed by atoms with E-state index in [1.807, 2.05) is 24.3 Å². The number of β-amino-alcohol motifs (C(OH)–C–C–N with tert-alkyl or cyclic N) is 1. The van der Waals surface area contributed by atoms with Gasteiger partial charge in [-0.05, 0) is 73.7 Å². The second-order valence-electron chi connectivity index (χ2n) is 7.60. The first-order chi connectivity index (χ1) is 13.5. The van der Waals surface area contributed by atoms with Crippen LogP contribution in [0, 0.1) is 11.7 Å². The molecule has 0 amide bonds. The van der Waals surface area contributed by atoms with E-state index in [9.17, 15) is 14.6 Å². The Morgan fingerprint density at radius 2 is 1.66 bits per heavy atom. The Kier molecular flexibility index (Phi) is 9.37. The Morgan fingerprint density at radius 3 is 2.24 bits per heavy atom. The number of piperidine rings is 1. The third kappa shape index (κ3) is 6.96. The second kappa shape index (κ2) is 11.5. The van der Waals surface area contributed by atoms with Crippen molar-refractivity contribution in [2.45, 2.75) is 38.4 Å². The van der Waals surface area contributed by atoms with E-state index in [0.29, 0.717) is 6.54 Å². The van der Waals surface area contributed by atoms with Crippen molar-refractivity contribution in [3.8, 4) is 5.75 Å². The quantitative estimate of drug-likeness (QED) is 0.674. The molecule has 1 saturated heterocycles. The highest BCUT2D eigenvalue weighted by Crippen LogP contribution is 2.30. The third-order valence-corrected chi connectivity index (χ3v) is 5.53. The van der Waals surface area contributed by atoms with Crippen LogP contribution < -0.4 is 4.74 Å². The maximum absolute atomic E-state index is 13.0. The summed E-state index contributed by atoms with van der Waals surface area (Å²) in [5.74, 6) is 0.646. The SMILES string of the molecule is CCc1ccc(OCC(O)CN2CCC(C(O)c3ccc(F)cc3)CC2)cc1.Cl. The van der Waals surface area contributed by atoms with Gasteiger partial charge in [-0.25, -0.2) is 4.39 Å². The molecule has 3 rings (SSSR count). The lowest BCUT2D eigenvalue weighted by Crippen LogP contribution is -2.41. The van der Waals surface area contributed by atoms with Crippen LogP contribution in [0.5, 0.6) is 5.75 Å². The molecule has 0 spiro atoms. The van der Waals surface area contributed by atoms with Crippen molar-refractivity contribution in [3.63, 3.8) is 0 Å². The highest BCUT2D eigenvalue weighted by Gasteiger charge is 2.27. The Hall–Kier alpha value is -1.66. The number of rotatable bonds is 8. The number of likely N-dealkylation sites (tertiary alicyclic amines) is 1. The van der Waals surface area contributed by atoms with Gasteiger partial charge in [-0.2, -0.15) is 0 Å². The van der Waals surface area contributed by atoms with Crippen LogP contribution in [-0.4, -0.2) is 47.5 Å². The second-order valence-corrected chi connectivity index (χ2v) is 7.60. The van der Waals surface area contributed by atoms with Crippen LogP contribution in [0.2, 0.25) is 0 Å². The van der Waals surface area contributed by atoms with E-state index in [1.165, 1.54) is 17.7 Å². The van der Waals surface area contributed by atoms with Crippen LogP contribution in [0.4, 0.5) is 4.39 Å². The van der Waals surface area contributed by atoms with Gasteiger partial charge in [0.15, 0.2) is 0 Å². The zero-order valence-corrected chi connectivity index (χ0v) is 17.7. The minimum Gasteiger partial charge on any atom is -0.491 e. The van der Waals surface area contributed by atoms with E-state index in [-0.39, 0.29) is 30.7 Å². The molecule has 0 radical (unpaired) electrons. The molecular weight excluding hydrogens is 393 g/mol. The van der Waals surface area contributed by atoms with Gasteiger partial charge in [0.2, 0.25) is 0 Å². The highest BCUT2D eigenvalue weighted by molar-refractivity contribution is 5.85. The van der Waals surface area contributed by atoms with Crippen molar-refractivity contribution in [1.82, 2.24) is 4.90 Å². The molecule has 1 aliphatic heterocycles. The van der Waals surface area contributed by atoms with Crippen LogP contribution in [0.15, 0.2) is 48.5 Å². The third-order valence-electron chi connectivity index (χ3n) is 5.53. The number of hydrogen-bond donors (Lipinski definition) is 2. The lowest BCUT2D eigenvalue weighted by Gasteiger charge is -2.35. The van der Waals surface area contributed by atoms with E-state index < -0.39 is 12.2 Å². The number of aryl methyl sites for hydroxylation is 1. The maximum Gasteiger partial charge on any atom is 0.123 e. The average Bonchev–Trinajstić information content (AvgIpc) is 2.73. The summed E-state index contributed by atoms with van der Waals surface area (Å²) in [5.41, 5.74) is 2.03. The molecular formula is C23H31ClFNO3. The summed E-state index contributed by atoms with van der Waals surface area (Å²) in [6.07, 6.45) is 1.58. The number of halogens is 2. The van der Waals surface area contributed by atoms with Crippen LogP contribution in [-0.2, 0) is 6.42 Å². The summed E-state index contributed by atoms with van der Waals surface area (Å²) < 4.78 is 18.7.